The molecule has 1 amide bonds. The summed E-state index contributed by atoms with van der Waals surface area (Å²) in [7, 11) is 0. The molecule has 1 unspecified atom stereocenters. The summed E-state index contributed by atoms with van der Waals surface area (Å²) >= 11 is 0. The highest BCUT2D eigenvalue weighted by atomic mass is 19.4. The molecule has 0 radical (unpaired) electrons. The highest BCUT2D eigenvalue weighted by Crippen LogP contribution is 2.34. The van der Waals surface area contributed by atoms with E-state index < -0.39 is 11.7 Å². The van der Waals surface area contributed by atoms with Crippen molar-refractivity contribution in [2.45, 2.75) is 32.0 Å². The fourth-order valence-corrected chi connectivity index (χ4v) is 2.71. The average Bonchev–Trinajstić information content (AvgIpc) is 3.05. The second-order valence-corrected chi connectivity index (χ2v) is 5.51. The van der Waals surface area contributed by atoms with Crippen molar-refractivity contribution in [2.24, 2.45) is 0 Å². The lowest BCUT2D eigenvalue weighted by molar-refractivity contribution is -0.139. The van der Waals surface area contributed by atoms with Gasteiger partial charge in [0.2, 0.25) is 11.8 Å². The summed E-state index contributed by atoms with van der Waals surface area (Å²) in [5.74, 6) is 0.320. The Bertz CT molecular complexity index is 727. The highest BCUT2D eigenvalue weighted by Gasteiger charge is 2.37. The van der Waals surface area contributed by atoms with E-state index in [1.165, 1.54) is 23.1 Å². The van der Waals surface area contributed by atoms with Crippen LogP contribution in [-0.2, 0) is 17.5 Å². The molecule has 8 heteroatoms. The number of benzene rings is 1. The molecule has 122 valence electrons. The minimum absolute atomic E-state index is 0.0794. The molecule has 23 heavy (non-hydrogen) atoms. The lowest BCUT2D eigenvalue weighted by atomic mass is 10.1. The third kappa shape index (κ3) is 3.20. The molecule has 1 saturated heterocycles. The summed E-state index contributed by atoms with van der Waals surface area (Å²) in [5.41, 5.74) is -0.638. The first-order valence-corrected chi connectivity index (χ1v) is 7.07. The SMILES string of the molecule is Cc1noc(C2CC(=O)N(Cc3ccccc3C(F)(F)F)C2)n1. The number of alkyl halides is 3. The normalized spacial score (nSPS) is 18.7. The maximum absolute atomic E-state index is 13.0. The van der Waals surface area contributed by atoms with Crippen LogP contribution in [0.25, 0.3) is 0 Å². The first kappa shape index (κ1) is 15.5. The van der Waals surface area contributed by atoms with Crippen molar-refractivity contribution in [1.82, 2.24) is 15.0 Å². The van der Waals surface area contributed by atoms with Crippen LogP contribution in [0.4, 0.5) is 13.2 Å². The highest BCUT2D eigenvalue weighted by molar-refractivity contribution is 5.79. The molecule has 0 N–H and O–H groups in total. The van der Waals surface area contributed by atoms with Crippen molar-refractivity contribution in [1.29, 1.82) is 0 Å². The summed E-state index contributed by atoms with van der Waals surface area (Å²) in [4.78, 5) is 17.6. The number of likely N-dealkylation sites (tertiary alicyclic amines) is 1. The van der Waals surface area contributed by atoms with Crippen molar-refractivity contribution in [3.05, 3.63) is 47.1 Å². The Labute approximate surface area is 130 Å². The van der Waals surface area contributed by atoms with E-state index in [9.17, 15) is 18.0 Å². The van der Waals surface area contributed by atoms with Gasteiger partial charge >= 0.3 is 6.18 Å². The van der Waals surface area contributed by atoms with Gasteiger partial charge in [-0.3, -0.25) is 4.79 Å². The predicted molar refractivity (Wildman–Crippen MR) is 73.3 cm³/mol. The lowest BCUT2D eigenvalue weighted by Gasteiger charge is -2.19. The van der Waals surface area contributed by atoms with Crippen LogP contribution in [0.5, 0.6) is 0 Å². The Hall–Kier alpha value is -2.38. The number of amides is 1. The van der Waals surface area contributed by atoms with E-state index in [4.69, 9.17) is 4.52 Å². The number of aryl methyl sites for hydroxylation is 1. The lowest BCUT2D eigenvalue weighted by Crippen LogP contribution is -2.26. The van der Waals surface area contributed by atoms with Gasteiger partial charge in [0.15, 0.2) is 5.82 Å². The second-order valence-electron chi connectivity index (χ2n) is 5.51. The Morgan fingerprint density at radius 1 is 1.35 bits per heavy atom. The van der Waals surface area contributed by atoms with Crippen LogP contribution in [0, 0.1) is 6.92 Å². The van der Waals surface area contributed by atoms with Crippen molar-refractivity contribution < 1.29 is 22.5 Å². The van der Waals surface area contributed by atoms with Crippen LogP contribution in [0.2, 0.25) is 0 Å². The molecule has 2 heterocycles. The van der Waals surface area contributed by atoms with Crippen LogP contribution in [0.3, 0.4) is 0 Å². The summed E-state index contributed by atoms with van der Waals surface area (Å²) in [5, 5.41) is 3.68. The van der Waals surface area contributed by atoms with Gasteiger partial charge < -0.3 is 9.42 Å². The van der Waals surface area contributed by atoms with Gasteiger partial charge in [0.05, 0.1) is 11.5 Å². The molecule has 0 spiro atoms. The van der Waals surface area contributed by atoms with E-state index in [0.29, 0.717) is 11.7 Å². The van der Waals surface area contributed by atoms with E-state index in [2.05, 4.69) is 10.1 Å². The van der Waals surface area contributed by atoms with Gasteiger partial charge in [0.25, 0.3) is 0 Å². The Morgan fingerprint density at radius 3 is 2.74 bits per heavy atom. The minimum Gasteiger partial charge on any atom is -0.339 e. The number of aromatic nitrogens is 2. The van der Waals surface area contributed by atoms with Gasteiger partial charge in [-0.1, -0.05) is 23.4 Å². The molecule has 2 aromatic rings. The van der Waals surface area contributed by atoms with Crippen LogP contribution in [0.15, 0.2) is 28.8 Å². The van der Waals surface area contributed by atoms with Crippen LogP contribution in [0.1, 0.15) is 35.2 Å². The molecular weight excluding hydrogens is 311 g/mol. The zero-order valence-corrected chi connectivity index (χ0v) is 12.3. The molecule has 3 rings (SSSR count). The molecule has 1 fully saturated rings. The Morgan fingerprint density at radius 2 is 2.09 bits per heavy atom. The molecular formula is C15H14F3N3O2. The third-order valence-electron chi connectivity index (χ3n) is 3.79. The molecule has 0 aliphatic carbocycles. The minimum atomic E-state index is -4.44. The molecule has 1 aliphatic rings. The van der Waals surface area contributed by atoms with Gasteiger partial charge in [-0.25, -0.2) is 0 Å². The van der Waals surface area contributed by atoms with Gasteiger partial charge in [0.1, 0.15) is 0 Å². The molecule has 5 nitrogen and oxygen atoms in total. The quantitative estimate of drug-likeness (QED) is 0.870. The third-order valence-corrected chi connectivity index (χ3v) is 3.79. The smallest absolute Gasteiger partial charge is 0.339 e. The number of rotatable bonds is 3. The molecule has 0 saturated carbocycles. The van der Waals surface area contributed by atoms with E-state index in [0.717, 1.165) is 6.07 Å². The summed E-state index contributed by atoms with van der Waals surface area (Å²) in [6.45, 7) is 1.85. The van der Waals surface area contributed by atoms with Crippen molar-refractivity contribution in [3.63, 3.8) is 0 Å². The van der Waals surface area contributed by atoms with Gasteiger partial charge in [-0.05, 0) is 18.6 Å². The Kier molecular flexibility index (Phi) is 3.83. The summed E-state index contributed by atoms with van der Waals surface area (Å²) in [6, 6.07) is 5.28. The van der Waals surface area contributed by atoms with Crippen molar-refractivity contribution in [2.75, 3.05) is 6.54 Å². The number of carbonyl (C=O) groups is 1. The number of carbonyl (C=O) groups excluding carboxylic acids is 1. The summed E-state index contributed by atoms with van der Waals surface area (Å²) < 4.78 is 44.1. The average molecular weight is 325 g/mol. The van der Waals surface area contributed by atoms with Crippen LogP contribution < -0.4 is 0 Å². The first-order valence-electron chi connectivity index (χ1n) is 7.07. The zero-order valence-electron chi connectivity index (χ0n) is 12.3. The maximum Gasteiger partial charge on any atom is 0.416 e. The number of nitrogens with zero attached hydrogens (tertiary/aromatic N) is 3. The van der Waals surface area contributed by atoms with E-state index in [1.807, 2.05) is 0 Å². The second kappa shape index (κ2) is 5.68. The van der Waals surface area contributed by atoms with Crippen molar-refractivity contribution >= 4 is 5.91 Å². The summed E-state index contributed by atoms with van der Waals surface area (Å²) in [6.07, 6.45) is -4.28. The predicted octanol–water partition coefficient (Wildman–Crippen LogP) is 2.91. The molecule has 0 bridgehead atoms. The molecule has 1 atom stereocenters. The monoisotopic (exact) mass is 325 g/mol. The molecule has 1 aromatic carbocycles. The molecule has 1 aromatic heterocycles. The fourth-order valence-electron chi connectivity index (χ4n) is 2.71. The number of halogens is 3. The molecule has 1 aliphatic heterocycles. The number of hydrogen-bond donors (Lipinski definition) is 0. The van der Waals surface area contributed by atoms with Gasteiger partial charge in [0, 0.05) is 19.5 Å². The van der Waals surface area contributed by atoms with E-state index >= 15 is 0 Å². The standard InChI is InChI=1S/C15H14F3N3O2/c1-9-19-14(23-20-9)11-6-13(22)21(8-11)7-10-4-2-3-5-12(10)15(16,17)18/h2-5,11H,6-8H2,1H3. The fraction of sp³-hybridized carbons (Fsp3) is 0.400. The van der Waals surface area contributed by atoms with Gasteiger partial charge in [-0.2, -0.15) is 18.2 Å². The van der Waals surface area contributed by atoms with Gasteiger partial charge in [-0.15, -0.1) is 0 Å². The van der Waals surface area contributed by atoms with E-state index in [-0.39, 0.29) is 36.9 Å². The van der Waals surface area contributed by atoms with Crippen molar-refractivity contribution in [3.8, 4) is 0 Å². The van der Waals surface area contributed by atoms with E-state index in [1.54, 1.807) is 6.92 Å². The van der Waals surface area contributed by atoms with Crippen LogP contribution >= 0.6 is 0 Å². The number of hydrogen-bond acceptors (Lipinski definition) is 4. The first-order chi connectivity index (χ1) is 10.8. The van der Waals surface area contributed by atoms with Crippen LogP contribution in [-0.4, -0.2) is 27.5 Å². The maximum atomic E-state index is 13.0. The Balaban J connectivity index is 1.78. The largest absolute Gasteiger partial charge is 0.416 e. The topological polar surface area (TPSA) is 59.2 Å². The zero-order chi connectivity index (χ0) is 16.6.